The fraction of sp³-hybridized carbons (Fsp3) is 0.143. The first-order valence-corrected chi connectivity index (χ1v) is 8.42. The zero-order chi connectivity index (χ0) is 18.4. The number of nitrogens with zero attached hydrogens (tertiary/aromatic N) is 2. The number of aromatic nitrogens is 1. The molecule has 2 aromatic carbocycles. The Labute approximate surface area is 152 Å². The van der Waals surface area contributed by atoms with Crippen molar-refractivity contribution in [3.63, 3.8) is 0 Å². The fourth-order valence-electron chi connectivity index (χ4n) is 2.69. The van der Waals surface area contributed by atoms with E-state index in [0.29, 0.717) is 6.54 Å². The Kier molecular flexibility index (Phi) is 5.61. The van der Waals surface area contributed by atoms with E-state index >= 15 is 0 Å². The lowest BCUT2D eigenvalue weighted by Gasteiger charge is -2.18. The molecule has 132 valence electrons. The van der Waals surface area contributed by atoms with Gasteiger partial charge in [-0.1, -0.05) is 24.3 Å². The Bertz CT molecular complexity index is 915. The van der Waals surface area contributed by atoms with Crippen molar-refractivity contribution < 1.29 is 9.90 Å². The maximum atomic E-state index is 12.2. The second kappa shape index (κ2) is 8.27. The topological polar surface area (TPSA) is 65.5 Å². The number of fused-ring (bicyclic) bond motifs is 1. The molecule has 1 heterocycles. The van der Waals surface area contributed by atoms with E-state index in [2.05, 4.69) is 10.3 Å². The Morgan fingerprint density at radius 3 is 2.69 bits per heavy atom. The molecule has 0 atom stereocenters. The van der Waals surface area contributed by atoms with Crippen LogP contribution in [0.1, 0.15) is 5.56 Å². The first-order chi connectivity index (χ1) is 12.7. The van der Waals surface area contributed by atoms with Gasteiger partial charge in [0.05, 0.1) is 12.1 Å². The number of para-hydroxylation sites is 1. The van der Waals surface area contributed by atoms with Crippen LogP contribution in [-0.4, -0.2) is 36.2 Å². The largest absolute Gasteiger partial charge is 0.395 e. The molecule has 26 heavy (non-hydrogen) atoms. The predicted octanol–water partition coefficient (Wildman–Crippen LogP) is 3.32. The number of carbonyl (C=O) groups excluding carboxylic acids is 1. The number of aliphatic hydroxyl groups excluding tert-OH is 1. The molecular formula is C21H21N3O2. The van der Waals surface area contributed by atoms with Crippen LogP contribution in [0.2, 0.25) is 0 Å². The highest BCUT2D eigenvalue weighted by molar-refractivity contribution is 6.03. The maximum Gasteiger partial charge on any atom is 0.248 e. The van der Waals surface area contributed by atoms with Gasteiger partial charge in [0.25, 0.3) is 0 Å². The highest BCUT2D eigenvalue weighted by atomic mass is 16.3. The van der Waals surface area contributed by atoms with Crippen LogP contribution in [0.5, 0.6) is 0 Å². The van der Waals surface area contributed by atoms with Gasteiger partial charge in [-0.25, -0.2) is 0 Å². The van der Waals surface area contributed by atoms with Crippen molar-refractivity contribution in [2.75, 3.05) is 30.4 Å². The molecule has 0 aliphatic rings. The van der Waals surface area contributed by atoms with Crippen molar-refractivity contribution in [3.05, 3.63) is 72.4 Å². The van der Waals surface area contributed by atoms with Gasteiger partial charge >= 0.3 is 0 Å². The summed E-state index contributed by atoms with van der Waals surface area (Å²) < 4.78 is 0. The average molecular weight is 347 g/mol. The van der Waals surface area contributed by atoms with Gasteiger partial charge in [-0.2, -0.15) is 0 Å². The van der Waals surface area contributed by atoms with E-state index in [0.717, 1.165) is 27.8 Å². The Morgan fingerprint density at radius 1 is 1.15 bits per heavy atom. The normalized spacial score (nSPS) is 11.0. The minimum absolute atomic E-state index is 0.100. The number of rotatable bonds is 6. The summed E-state index contributed by atoms with van der Waals surface area (Å²) in [7, 11) is 1.91. The maximum absolute atomic E-state index is 12.2. The minimum atomic E-state index is -0.200. The molecular weight excluding hydrogens is 326 g/mol. The van der Waals surface area contributed by atoms with Gasteiger partial charge in [0.15, 0.2) is 0 Å². The summed E-state index contributed by atoms with van der Waals surface area (Å²) >= 11 is 0. The molecule has 0 spiro atoms. The van der Waals surface area contributed by atoms with E-state index in [1.54, 1.807) is 12.3 Å². The standard InChI is InChI=1S/C21H21N3O2/c1-24(14-15-25)19-10-8-18(9-11-19)23-20(26)12-7-17-5-2-4-16-6-3-13-22-21(16)17/h2-13,25H,14-15H2,1H3,(H,23,26)/b12-7+. The summed E-state index contributed by atoms with van der Waals surface area (Å²) in [4.78, 5) is 18.5. The van der Waals surface area contributed by atoms with E-state index in [1.807, 2.05) is 66.5 Å². The zero-order valence-corrected chi connectivity index (χ0v) is 14.6. The van der Waals surface area contributed by atoms with Crippen LogP contribution in [0.15, 0.2) is 66.9 Å². The molecule has 5 heteroatoms. The van der Waals surface area contributed by atoms with Crippen LogP contribution in [-0.2, 0) is 4.79 Å². The lowest BCUT2D eigenvalue weighted by atomic mass is 10.1. The third kappa shape index (κ3) is 4.26. The Morgan fingerprint density at radius 2 is 1.92 bits per heavy atom. The molecule has 0 saturated heterocycles. The number of hydrogen-bond acceptors (Lipinski definition) is 4. The monoisotopic (exact) mass is 347 g/mol. The summed E-state index contributed by atoms with van der Waals surface area (Å²) in [6, 6.07) is 17.3. The lowest BCUT2D eigenvalue weighted by molar-refractivity contribution is -0.111. The molecule has 0 saturated carbocycles. The number of pyridine rings is 1. The van der Waals surface area contributed by atoms with Crippen LogP contribution in [0.25, 0.3) is 17.0 Å². The van der Waals surface area contributed by atoms with Crippen molar-refractivity contribution in [1.82, 2.24) is 4.98 Å². The summed E-state index contributed by atoms with van der Waals surface area (Å²) in [5, 5.41) is 12.9. The molecule has 0 bridgehead atoms. The van der Waals surface area contributed by atoms with Gasteiger partial charge in [0.2, 0.25) is 5.91 Å². The number of aliphatic hydroxyl groups is 1. The van der Waals surface area contributed by atoms with Crippen molar-refractivity contribution in [1.29, 1.82) is 0 Å². The molecule has 0 unspecified atom stereocenters. The number of amides is 1. The van der Waals surface area contributed by atoms with Crippen molar-refractivity contribution >= 4 is 34.3 Å². The summed E-state index contributed by atoms with van der Waals surface area (Å²) in [5.74, 6) is -0.200. The third-order valence-electron chi connectivity index (χ3n) is 4.09. The number of carbonyl (C=O) groups is 1. The SMILES string of the molecule is CN(CCO)c1ccc(NC(=O)/C=C/c2cccc3cccnc23)cc1. The van der Waals surface area contributed by atoms with Crippen molar-refractivity contribution in [3.8, 4) is 0 Å². The highest BCUT2D eigenvalue weighted by Gasteiger charge is 2.03. The second-order valence-corrected chi connectivity index (χ2v) is 5.94. The molecule has 1 aromatic heterocycles. The Hall–Kier alpha value is -3.18. The van der Waals surface area contributed by atoms with E-state index in [1.165, 1.54) is 6.08 Å². The first-order valence-electron chi connectivity index (χ1n) is 8.42. The van der Waals surface area contributed by atoms with Gasteiger partial charge in [0, 0.05) is 48.2 Å². The van der Waals surface area contributed by atoms with Gasteiger partial charge in [-0.3, -0.25) is 9.78 Å². The van der Waals surface area contributed by atoms with E-state index < -0.39 is 0 Å². The predicted molar refractivity (Wildman–Crippen MR) is 106 cm³/mol. The molecule has 0 aliphatic carbocycles. The van der Waals surface area contributed by atoms with E-state index in [4.69, 9.17) is 5.11 Å². The number of anilines is 2. The third-order valence-corrected chi connectivity index (χ3v) is 4.09. The number of likely N-dealkylation sites (N-methyl/N-ethyl adjacent to an activating group) is 1. The molecule has 5 nitrogen and oxygen atoms in total. The molecule has 2 N–H and O–H groups in total. The summed E-state index contributed by atoms with van der Waals surface area (Å²) in [5.41, 5.74) is 3.47. The first kappa shape index (κ1) is 17.6. The minimum Gasteiger partial charge on any atom is -0.395 e. The quantitative estimate of drug-likeness (QED) is 0.672. The van der Waals surface area contributed by atoms with Crippen molar-refractivity contribution in [2.24, 2.45) is 0 Å². The van der Waals surface area contributed by atoms with E-state index in [9.17, 15) is 4.79 Å². The molecule has 3 rings (SSSR count). The smallest absolute Gasteiger partial charge is 0.248 e. The Balaban J connectivity index is 1.67. The summed E-state index contributed by atoms with van der Waals surface area (Å²) in [6.07, 6.45) is 5.03. The van der Waals surface area contributed by atoms with Crippen LogP contribution >= 0.6 is 0 Å². The molecule has 3 aromatic rings. The van der Waals surface area contributed by atoms with Gasteiger partial charge in [-0.15, -0.1) is 0 Å². The lowest BCUT2D eigenvalue weighted by Crippen LogP contribution is -2.20. The number of benzene rings is 2. The van der Waals surface area contributed by atoms with Gasteiger partial charge in [0.1, 0.15) is 0 Å². The van der Waals surface area contributed by atoms with Crippen LogP contribution in [0.3, 0.4) is 0 Å². The number of nitrogens with one attached hydrogen (secondary N) is 1. The van der Waals surface area contributed by atoms with Gasteiger partial charge in [-0.05, 0) is 36.4 Å². The van der Waals surface area contributed by atoms with Crippen LogP contribution in [0.4, 0.5) is 11.4 Å². The molecule has 0 radical (unpaired) electrons. The van der Waals surface area contributed by atoms with Crippen LogP contribution in [0, 0.1) is 0 Å². The number of hydrogen-bond donors (Lipinski definition) is 2. The van der Waals surface area contributed by atoms with Gasteiger partial charge < -0.3 is 15.3 Å². The average Bonchev–Trinajstić information content (AvgIpc) is 2.67. The molecule has 1 amide bonds. The summed E-state index contributed by atoms with van der Waals surface area (Å²) in [6.45, 7) is 0.663. The molecule has 0 fully saturated rings. The van der Waals surface area contributed by atoms with E-state index in [-0.39, 0.29) is 12.5 Å². The van der Waals surface area contributed by atoms with Crippen molar-refractivity contribution in [2.45, 2.75) is 0 Å². The zero-order valence-electron chi connectivity index (χ0n) is 14.6. The fourth-order valence-corrected chi connectivity index (χ4v) is 2.69. The highest BCUT2D eigenvalue weighted by Crippen LogP contribution is 2.18. The molecule has 0 aliphatic heterocycles. The van der Waals surface area contributed by atoms with Crippen LogP contribution < -0.4 is 10.2 Å². The second-order valence-electron chi connectivity index (χ2n) is 5.94.